The number of rotatable bonds is 56. The molecule has 0 atom stereocenters. The number of carbonyl (C=O) groups is 10. The first-order valence-electron chi connectivity index (χ1n) is 27.6. The van der Waals surface area contributed by atoms with Crippen LogP contribution in [0.25, 0.3) is 0 Å². The molecule has 0 fully saturated rings. The van der Waals surface area contributed by atoms with Crippen LogP contribution in [0.5, 0.6) is 0 Å². The van der Waals surface area contributed by atoms with Gasteiger partial charge in [0.1, 0.15) is 23.1 Å². The Morgan fingerprint density at radius 1 is 0.364 bits per heavy atom. The topological polar surface area (TPSA) is 333 Å². The Bertz CT molecular complexity index is 1660. The third-order valence-corrected chi connectivity index (χ3v) is 11.7. The molecule has 0 aromatic rings. The molecule has 6 amide bonds. The SMILES string of the molecule is NCC(=O)CCCC(=O)CCCNC(=O)CCN(CCCOCCOCCOCCCNC(=O)CCCC(=O)NCCCOCCOCCOCCCN1C(=O)C=CC1=O)CCC(=O)NCCCC(=O)CCCC(=O)CN. The highest BCUT2D eigenvalue weighted by Crippen LogP contribution is 2.06. The van der Waals surface area contributed by atoms with Gasteiger partial charge in [-0.15, -0.1) is 0 Å². The maximum absolute atomic E-state index is 12.6. The average molecular weight is 1100 g/mol. The van der Waals surface area contributed by atoms with Crippen molar-refractivity contribution < 1.29 is 76.4 Å². The second kappa shape index (κ2) is 49.4. The van der Waals surface area contributed by atoms with E-state index in [1.165, 1.54) is 17.1 Å². The molecule has 1 heterocycles. The molecule has 1 rings (SSSR count). The molecule has 0 aliphatic carbocycles. The van der Waals surface area contributed by atoms with E-state index in [-0.39, 0.29) is 97.3 Å². The molecule has 8 N–H and O–H groups in total. The van der Waals surface area contributed by atoms with Crippen molar-refractivity contribution in [3.8, 4) is 0 Å². The van der Waals surface area contributed by atoms with Gasteiger partial charge < -0.3 is 66.1 Å². The van der Waals surface area contributed by atoms with Crippen molar-refractivity contribution >= 4 is 58.6 Å². The summed E-state index contributed by atoms with van der Waals surface area (Å²) in [6, 6.07) is 0. The van der Waals surface area contributed by atoms with Crippen LogP contribution in [0.1, 0.15) is 122 Å². The Morgan fingerprint density at radius 2 is 0.675 bits per heavy atom. The van der Waals surface area contributed by atoms with Crippen molar-refractivity contribution in [1.29, 1.82) is 0 Å². The number of Topliss-reactive ketones (excluding diaryl/α,β-unsaturated/α-hetero) is 4. The van der Waals surface area contributed by atoms with E-state index in [2.05, 4.69) is 21.3 Å². The number of ketones is 4. The third-order valence-electron chi connectivity index (χ3n) is 11.7. The first kappa shape index (κ1) is 70.1. The molecule has 0 saturated carbocycles. The fourth-order valence-corrected chi connectivity index (χ4v) is 7.32. The number of hydrogen-bond donors (Lipinski definition) is 6. The summed E-state index contributed by atoms with van der Waals surface area (Å²) in [5.41, 5.74) is 10.6. The molecule has 440 valence electrons. The number of carbonyl (C=O) groups excluding carboxylic acids is 10. The minimum atomic E-state index is -0.296. The summed E-state index contributed by atoms with van der Waals surface area (Å²) < 4.78 is 33.4. The maximum Gasteiger partial charge on any atom is 0.253 e. The van der Waals surface area contributed by atoms with Gasteiger partial charge in [0.15, 0.2) is 0 Å². The van der Waals surface area contributed by atoms with Gasteiger partial charge in [0, 0.05) is 155 Å². The summed E-state index contributed by atoms with van der Waals surface area (Å²) >= 11 is 0. The number of imide groups is 1. The molecule has 0 bridgehead atoms. The van der Waals surface area contributed by atoms with Crippen LogP contribution in [-0.4, -0.2) is 213 Å². The molecule has 0 spiro atoms. The fraction of sp³-hybridized carbons (Fsp3) is 0.774. The monoisotopic (exact) mass is 1100 g/mol. The highest BCUT2D eigenvalue weighted by atomic mass is 16.5. The molecule has 24 nitrogen and oxygen atoms in total. The van der Waals surface area contributed by atoms with E-state index in [0.29, 0.717) is 228 Å². The van der Waals surface area contributed by atoms with Crippen LogP contribution < -0.4 is 32.7 Å². The fourth-order valence-electron chi connectivity index (χ4n) is 7.32. The van der Waals surface area contributed by atoms with Gasteiger partial charge in [0.25, 0.3) is 11.8 Å². The molecular weight excluding hydrogens is 1000 g/mol. The van der Waals surface area contributed by atoms with Crippen LogP contribution in [0, 0.1) is 0 Å². The molecule has 0 unspecified atom stereocenters. The lowest BCUT2D eigenvalue weighted by atomic mass is 10.1. The molecule has 77 heavy (non-hydrogen) atoms. The predicted octanol–water partition coefficient (Wildman–Crippen LogP) is 0.383. The Labute approximate surface area is 455 Å². The van der Waals surface area contributed by atoms with Crippen LogP contribution >= 0.6 is 0 Å². The van der Waals surface area contributed by atoms with Gasteiger partial charge >= 0.3 is 0 Å². The third kappa shape index (κ3) is 43.7. The number of nitrogens with zero attached hydrogens (tertiary/aromatic N) is 2. The van der Waals surface area contributed by atoms with Gasteiger partial charge in [-0.2, -0.15) is 0 Å². The summed E-state index contributed by atoms with van der Waals surface area (Å²) in [4.78, 5) is 123. The molecule has 1 aliphatic heterocycles. The Morgan fingerprint density at radius 3 is 1.08 bits per heavy atom. The van der Waals surface area contributed by atoms with Crippen molar-refractivity contribution in [3.05, 3.63) is 12.2 Å². The zero-order chi connectivity index (χ0) is 56.4. The van der Waals surface area contributed by atoms with E-state index in [9.17, 15) is 47.9 Å². The van der Waals surface area contributed by atoms with Crippen molar-refractivity contribution in [3.63, 3.8) is 0 Å². The van der Waals surface area contributed by atoms with Crippen molar-refractivity contribution in [2.45, 2.75) is 122 Å². The van der Waals surface area contributed by atoms with Crippen LogP contribution in [0.15, 0.2) is 12.2 Å². The number of amides is 6. The lowest BCUT2D eigenvalue weighted by Crippen LogP contribution is -2.35. The average Bonchev–Trinajstić information content (AvgIpc) is 3.74. The quantitative estimate of drug-likeness (QED) is 0.0354. The summed E-state index contributed by atoms with van der Waals surface area (Å²) in [6.45, 7) is 8.29. The summed E-state index contributed by atoms with van der Waals surface area (Å²) in [7, 11) is 0. The number of ether oxygens (including phenoxy) is 6. The normalized spacial score (nSPS) is 12.1. The van der Waals surface area contributed by atoms with Crippen LogP contribution in [-0.2, 0) is 76.4 Å². The second-order valence-corrected chi connectivity index (χ2v) is 18.3. The first-order valence-corrected chi connectivity index (χ1v) is 27.6. The van der Waals surface area contributed by atoms with E-state index < -0.39 is 0 Å². The Hall–Kier alpha value is -4.92. The Balaban J connectivity index is 2.09. The van der Waals surface area contributed by atoms with Crippen LogP contribution in [0.2, 0.25) is 0 Å². The van der Waals surface area contributed by atoms with E-state index in [0.717, 1.165) is 0 Å². The Kier molecular flexibility index (Phi) is 45.0. The van der Waals surface area contributed by atoms with Crippen molar-refractivity contribution in [2.75, 3.05) is 145 Å². The first-order chi connectivity index (χ1) is 37.3. The summed E-state index contributed by atoms with van der Waals surface area (Å²) in [5, 5.41) is 11.4. The van der Waals surface area contributed by atoms with Crippen molar-refractivity contribution in [1.82, 2.24) is 31.1 Å². The van der Waals surface area contributed by atoms with E-state index in [1.807, 2.05) is 4.90 Å². The van der Waals surface area contributed by atoms with Crippen LogP contribution in [0.3, 0.4) is 0 Å². The molecular formula is C53H92N8O16. The molecule has 1 aliphatic rings. The number of nitrogens with two attached hydrogens (primary N) is 2. The van der Waals surface area contributed by atoms with Gasteiger partial charge in [0.05, 0.1) is 65.9 Å². The number of hydrogen-bond acceptors (Lipinski definition) is 19. The zero-order valence-electron chi connectivity index (χ0n) is 45.7. The molecule has 0 aromatic carbocycles. The van der Waals surface area contributed by atoms with Crippen molar-refractivity contribution in [2.24, 2.45) is 11.5 Å². The number of nitrogens with one attached hydrogen (secondary N) is 4. The molecule has 24 heteroatoms. The summed E-state index contributed by atoms with van der Waals surface area (Å²) in [6.07, 6.45) is 10.2. The lowest BCUT2D eigenvalue weighted by molar-refractivity contribution is -0.137. The standard InChI is InChI=1S/C53H92N8O16/c54-42-46(64)12-1-10-44(62)14-4-22-56-50(68)20-28-60(29-21-51(69)57-23-5-15-45(63)11-2-13-47(65)43-55)26-8-32-74-36-40-76-38-34-72-30-6-24-58-48(66)16-3-17-49(67)59-25-7-31-73-35-39-77-41-37-75-33-9-27-61-52(70)18-19-53(61)71/h18-19H,1-17,20-43,54-55H2,(H,56,68)(H,57,69)(H,58,66)(H,59,67). The predicted molar refractivity (Wildman–Crippen MR) is 285 cm³/mol. The molecule has 0 saturated heterocycles. The van der Waals surface area contributed by atoms with Gasteiger partial charge in [-0.3, -0.25) is 52.8 Å². The highest BCUT2D eigenvalue weighted by Gasteiger charge is 2.22. The molecule has 0 radical (unpaired) electrons. The van der Waals surface area contributed by atoms with E-state index in [1.54, 1.807) is 0 Å². The zero-order valence-corrected chi connectivity index (χ0v) is 45.7. The smallest absolute Gasteiger partial charge is 0.253 e. The van der Waals surface area contributed by atoms with Gasteiger partial charge in [-0.05, 0) is 57.8 Å². The van der Waals surface area contributed by atoms with Gasteiger partial charge in [0.2, 0.25) is 23.6 Å². The minimum absolute atomic E-state index is 0.0254. The van der Waals surface area contributed by atoms with Gasteiger partial charge in [-0.1, -0.05) is 0 Å². The largest absolute Gasteiger partial charge is 0.379 e. The lowest BCUT2D eigenvalue weighted by Gasteiger charge is -2.22. The van der Waals surface area contributed by atoms with E-state index >= 15 is 0 Å². The molecule has 0 aromatic heterocycles. The van der Waals surface area contributed by atoms with E-state index in [4.69, 9.17) is 39.9 Å². The summed E-state index contributed by atoms with van der Waals surface area (Å²) in [5.74, 6) is -1.22. The second-order valence-electron chi connectivity index (χ2n) is 18.3. The highest BCUT2D eigenvalue weighted by molar-refractivity contribution is 6.12. The minimum Gasteiger partial charge on any atom is -0.379 e. The van der Waals surface area contributed by atoms with Gasteiger partial charge in [-0.25, -0.2) is 0 Å². The maximum atomic E-state index is 12.6. The van der Waals surface area contributed by atoms with Crippen LogP contribution in [0.4, 0.5) is 0 Å².